The van der Waals surface area contributed by atoms with E-state index >= 15 is 0 Å². The maximum Gasteiger partial charge on any atom is 0.0499 e. The Bertz CT molecular complexity index is 348. The summed E-state index contributed by atoms with van der Waals surface area (Å²) >= 11 is 0. The minimum atomic E-state index is 0.582. The third-order valence-electron chi connectivity index (χ3n) is 3.44. The Hall–Kier alpha value is -1.11. The van der Waals surface area contributed by atoms with Gasteiger partial charge >= 0.3 is 0 Å². The van der Waals surface area contributed by atoms with E-state index in [-0.39, 0.29) is 0 Å². The maximum atomic E-state index is 4.74. The second-order valence-electron chi connectivity index (χ2n) is 4.62. The van der Waals surface area contributed by atoms with E-state index < -0.39 is 0 Å². The van der Waals surface area contributed by atoms with E-state index in [1.165, 1.54) is 43.2 Å². The molecule has 1 nitrogen and oxygen atoms in total. The number of aryl methyl sites for hydroxylation is 1. The molecule has 0 heterocycles. The molecule has 0 atom stereocenters. The van der Waals surface area contributed by atoms with E-state index in [4.69, 9.17) is 4.99 Å². The van der Waals surface area contributed by atoms with Gasteiger partial charge in [0.15, 0.2) is 0 Å². The zero-order valence-corrected chi connectivity index (χ0v) is 10.2. The van der Waals surface area contributed by atoms with Gasteiger partial charge in [0.2, 0.25) is 0 Å². The van der Waals surface area contributed by atoms with Crippen LogP contribution in [0.4, 0.5) is 0 Å². The first kappa shape index (κ1) is 11.4. The third-order valence-corrected chi connectivity index (χ3v) is 3.44. The highest BCUT2D eigenvalue weighted by molar-refractivity contribution is 5.81. The molecule has 0 spiro atoms. The van der Waals surface area contributed by atoms with E-state index in [1.807, 2.05) is 0 Å². The molecule has 2 rings (SSSR count). The van der Waals surface area contributed by atoms with Crippen molar-refractivity contribution in [1.29, 1.82) is 0 Å². The van der Waals surface area contributed by atoms with E-state index in [2.05, 4.69) is 37.4 Å². The van der Waals surface area contributed by atoms with Gasteiger partial charge in [-0.05, 0) is 30.4 Å². The molecule has 1 saturated carbocycles. The lowest BCUT2D eigenvalue weighted by Gasteiger charge is -2.17. The average molecular weight is 215 g/mol. The summed E-state index contributed by atoms with van der Waals surface area (Å²) in [5, 5.41) is 0. The second kappa shape index (κ2) is 5.83. The molecule has 0 bridgehead atoms. The monoisotopic (exact) mass is 215 g/mol. The van der Waals surface area contributed by atoms with Crippen molar-refractivity contribution in [2.45, 2.75) is 51.5 Å². The van der Waals surface area contributed by atoms with Gasteiger partial charge in [-0.1, -0.05) is 50.5 Å². The summed E-state index contributed by atoms with van der Waals surface area (Å²) in [7, 11) is 0. The van der Waals surface area contributed by atoms with Gasteiger partial charge in [0, 0.05) is 12.3 Å². The van der Waals surface area contributed by atoms with Gasteiger partial charge in [0.05, 0.1) is 0 Å². The molecule has 16 heavy (non-hydrogen) atoms. The minimum absolute atomic E-state index is 0.582. The first-order valence-electron chi connectivity index (χ1n) is 6.51. The lowest BCUT2D eigenvalue weighted by atomic mass is 9.96. The number of rotatable bonds is 3. The molecule has 0 amide bonds. The summed E-state index contributed by atoms with van der Waals surface area (Å²) in [6.07, 6.45) is 9.86. The molecule has 86 valence electrons. The molecule has 1 fully saturated rings. The molecular weight excluding hydrogens is 194 g/mol. The van der Waals surface area contributed by atoms with Crippen LogP contribution in [0.25, 0.3) is 0 Å². The number of hydrogen-bond acceptors (Lipinski definition) is 1. The van der Waals surface area contributed by atoms with Crippen molar-refractivity contribution in [3.8, 4) is 0 Å². The molecule has 1 aromatic carbocycles. The van der Waals surface area contributed by atoms with Crippen molar-refractivity contribution >= 4 is 6.21 Å². The van der Waals surface area contributed by atoms with Crippen LogP contribution in [0.1, 0.15) is 50.2 Å². The van der Waals surface area contributed by atoms with Gasteiger partial charge in [-0.25, -0.2) is 0 Å². The average Bonchev–Trinajstić information content (AvgIpc) is 2.38. The summed E-state index contributed by atoms with van der Waals surface area (Å²) in [5.74, 6) is 0. The van der Waals surface area contributed by atoms with Gasteiger partial charge in [-0.3, -0.25) is 4.99 Å². The smallest absolute Gasteiger partial charge is 0.0499 e. The fraction of sp³-hybridized carbons (Fsp3) is 0.533. The molecular formula is C15H21N. The van der Waals surface area contributed by atoms with Crippen LogP contribution in [-0.2, 0) is 6.42 Å². The molecule has 1 aliphatic rings. The predicted octanol–water partition coefficient (Wildman–Crippen LogP) is 4.00. The van der Waals surface area contributed by atoms with Crippen LogP contribution in [0.3, 0.4) is 0 Å². The normalized spacial score (nSPS) is 18.1. The highest BCUT2D eigenvalue weighted by atomic mass is 14.8. The Balaban J connectivity index is 2.04. The van der Waals surface area contributed by atoms with Crippen LogP contribution in [0.2, 0.25) is 0 Å². The minimum Gasteiger partial charge on any atom is -0.289 e. The molecule has 0 aromatic heterocycles. The van der Waals surface area contributed by atoms with Crippen LogP contribution in [0.15, 0.2) is 29.3 Å². The highest BCUT2D eigenvalue weighted by Gasteiger charge is 2.10. The summed E-state index contributed by atoms with van der Waals surface area (Å²) in [5.41, 5.74) is 2.71. The molecule has 1 aromatic rings. The Morgan fingerprint density at radius 3 is 2.69 bits per heavy atom. The largest absolute Gasteiger partial charge is 0.289 e. The molecule has 1 heteroatoms. The van der Waals surface area contributed by atoms with Crippen molar-refractivity contribution in [2.24, 2.45) is 4.99 Å². The predicted molar refractivity (Wildman–Crippen MR) is 70.3 cm³/mol. The van der Waals surface area contributed by atoms with Crippen molar-refractivity contribution in [3.05, 3.63) is 35.4 Å². The molecule has 0 radical (unpaired) electrons. The number of nitrogens with zero attached hydrogens (tertiary/aromatic N) is 1. The van der Waals surface area contributed by atoms with Crippen molar-refractivity contribution < 1.29 is 0 Å². The summed E-state index contributed by atoms with van der Waals surface area (Å²) in [4.78, 5) is 4.74. The zero-order valence-electron chi connectivity index (χ0n) is 10.2. The summed E-state index contributed by atoms with van der Waals surface area (Å²) < 4.78 is 0. The molecule has 0 N–H and O–H groups in total. The second-order valence-corrected chi connectivity index (χ2v) is 4.62. The number of aliphatic imine (C=N–C) groups is 1. The van der Waals surface area contributed by atoms with Gasteiger partial charge in [-0.2, -0.15) is 0 Å². The topological polar surface area (TPSA) is 12.4 Å². The maximum absolute atomic E-state index is 4.74. The number of hydrogen-bond donors (Lipinski definition) is 0. The molecule has 0 unspecified atom stereocenters. The quantitative estimate of drug-likeness (QED) is 0.676. The third kappa shape index (κ3) is 2.94. The van der Waals surface area contributed by atoms with Crippen LogP contribution in [-0.4, -0.2) is 12.3 Å². The van der Waals surface area contributed by atoms with E-state index in [1.54, 1.807) is 0 Å². The van der Waals surface area contributed by atoms with E-state index in [9.17, 15) is 0 Å². The zero-order chi connectivity index (χ0) is 11.2. The summed E-state index contributed by atoms with van der Waals surface area (Å²) in [6, 6.07) is 9.16. The van der Waals surface area contributed by atoms with Crippen molar-refractivity contribution in [1.82, 2.24) is 0 Å². The number of benzene rings is 1. The highest BCUT2D eigenvalue weighted by Crippen LogP contribution is 2.20. The molecule has 0 aliphatic heterocycles. The first-order chi connectivity index (χ1) is 7.90. The first-order valence-corrected chi connectivity index (χ1v) is 6.51. The van der Waals surface area contributed by atoms with Crippen LogP contribution in [0.5, 0.6) is 0 Å². The molecule has 0 saturated heterocycles. The Labute approximate surface area is 98.6 Å². The van der Waals surface area contributed by atoms with E-state index in [0.29, 0.717) is 6.04 Å². The Morgan fingerprint density at radius 2 is 1.94 bits per heavy atom. The fourth-order valence-corrected chi connectivity index (χ4v) is 2.40. The summed E-state index contributed by atoms with van der Waals surface area (Å²) in [6.45, 7) is 2.20. The van der Waals surface area contributed by atoms with Gasteiger partial charge in [0.1, 0.15) is 0 Å². The van der Waals surface area contributed by atoms with Crippen LogP contribution in [0, 0.1) is 0 Å². The Morgan fingerprint density at radius 1 is 1.19 bits per heavy atom. The van der Waals surface area contributed by atoms with Crippen molar-refractivity contribution in [3.63, 3.8) is 0 Å². The SMILES string of the molecule is CCc1ccccc1C=NC1CCCCC1. The van der Waals surface area contributed by atoms with Gasteiger partial charge in [0.25, 0.3) is 0 Å². The Kier molecular flexibility index (Phi) is 4.15. The lowest BCUT2D eigenvalue weighted by Crippen LogP contribution is -2.09. The standard InChI is InChI=1S/C15H21N/c1-2-13-8-6-7-9-14(13)12-16-15-10-4-3-5-11-15/h6-9,12,15H,2-5,10-11H2,1H3. The lowest BCUT2D eigenvalue weighted by molar-refractivity contribution is 0.444. The van der Waals surface area contributed by atoms with Gasteiger partial charge < -0.3 is 0 Å². The van der Waals surface area contributed by atoms with Crippen LogP contribution < -0.4 is 0 Å². The van der Waals surface area contributed by atoms with Gasteiger partial charge in [-0.15, -0.1) is 0 Å². The van der Waals surface area contributed by atoms with E-state index in [0.717, 1.165) is 6.42 Å². The molecule has 1 aliphatic carbocycles. The fourth-order valence-electron chi connectivity index (χ4n) is 2.40. The van der Waals surface area contributed by atoms with Crippen molar-refractivity contribution in [2.75, 3.05) is 0 Å². The van der Waals surface area contributed by atoms with Crippen LogP contribution >= 0.6 is 0 Å².